The Balaban J connectivity index is 1.57. The molecule has 1 aliphatic carbocycles. The Labute approximate surface area is 178 Å². The molecule has 3 unspecified atom stereocenters. The van der Waals surface area contributed by atoms with Crippen LogP contribution in [0.15, 0.2) is 65.3 Å². The Bertz CT molecular complexity index is 960. The van der Waals surface area contributed by atoms with Gasteiger partial charge in [0.05, 0.1) is 12.1 Å². The molecule has 29 heavy (non-hydrogen) atoms. The fourth-order valence-electron chi connectivity index (χ4n) is 3.73. The van der Waals surface area contributed by atoms with Gasteiger partial charge in [0.2, 0.25) is 5.95 Å². The van der Waals surface area contributed by atoms with E-state index in [1.807, 2.05) is 43.3 Å². The van der Waals surface area contributed by atoms with Crippen molar-refractivity contribution >= 4 is 33.8 Å². The molecule has 7 heteroatoms. The largest absolute Gasteiger partial charge is 0.447 e. The number of anilines is 2. The van der Waals surface area contributed by atoms with Crippen molar-refractivity contribution in [1.29, 1.82) is 0 Å². The number of hydrogen-bond acceptors (Lipinski definition) is 5. The molecule has 0 spiro atoms. The highest BCUT2D eigenvalue weighted by atomic mass is 79.9. The summed E-state index contributed by atoms with van der Waals surface area (Å²) in [6.07, 6.45) is 10.5. The van der Waals surface area contributed by atoms with E-state index in [0.717, 1.165) is 16.5 Å². The Kier molecular flexibility index (Phi) is 5.41. The average Bonchev–Trinajstić information content (AvgIpc) is 3.11. The van der Waals surface area contributed by atoms with Gasteiger partial charge in [-0.05, 0) is 37.1 Å². The van der Waals surface area contributed by atoms with Crippen LogP contribution in [0.5, 0.6) is 0 Å². The maximum Gasteiger partial charge on any atom is 0.415 e. The van der Waals surface area contributed by atoms with Gasteiger partial charge in [0.1, 0.15) is 12.4 Å². The molecule has 0 radical (unpaired) electrons. The average molecular weight is 455 g/mol. The van der Waals surface area contributed by atoms with Gasteiger partial charge < -0.3 is 10.1 Å². The van der Waals surface area contributed by atoms with Gasteiger partial charge in [-0.25, -0.2) is 9.78 Å². The lowest BCUT2D eigenvalue weighted by molar-refractivity contribution is 0.173. The van der Waals surface area contributed by atoms with Gasteiger partial charge in [-0.2, -0.15) is 4.98 Å². The number of cyclic esters (lactones) is 1. The Morgan fingerprint density at radius 2 is 2.07 bits per heavy atom. The van der Waals surface area contributed by atoms with Crippen molar-refractivity contribution in [3.05, 3.63) is 70.9 Å². The van der Waals surface area contributed by atoms with E-state index in [1.165, 1.54) is 0 Å². The smallest absolute Gasteiger partial charge is 0.415 e. The monoisotopic (exact) mass is 454 g/mol. The van der Waals surface area contributed by atoms with Crippen LogP contribution in [0.2, 0.25) is 0 Å². The molecular weight excluding hydrogens is 432 g/mol. The van der Waals surface area contributed by atoms with E-state index in [4.69, 9.17) is 4.74 Å². The highest BCUT2D eigenvalue weighted by Gasteiger charge is 2.45. The first-order valence-corrected chi connectivity index (χ1v) is 10.4. The number of hydrogen-bond donors (Lipinski definition) is 1. The first-order chi connectivity index (χ1) is 14.0. The molecule has 1 N–H and O–H groups in total. The molecule has 150 valence electrons. The quantitative estimate of drug-likeness (QED) is 0.666. The molecule has 2 heterocycles. The van der Waals surface area contributed by atoms with Gasteiger partial charge in [0, 0.05) is 16.1 Å². The van der Waals surface area contributed by atoms with E-state index in [2.05, 4.69) is 50.3 Å². The highest BCUT2D eigenvalue weighted by molar-refractivity contribution is 9.10. The van der Waals surface area contributed by atoms with Crippen molar-refractivity contribution in [3.63, 3.8) is 0 Å². The van der Waals surface area contributed by atoms with Crippen molar-refractivity contribution < 1.29 is 9.53 Å². The van der Waals surface area contributed by atoms with Crippen molar-refractivity contribution in [2.45, 2.75) is 32.4 Å². The van der Waals surface area contributed by atoms with Crippen LogP contribution in [-0.4, -0.2) is 28.7 Å². The molecule has 1 aromatic carbocycles. The minimum absolute atomic E-state index is 0.0172. The summed E-state index contributed by atoms with van der Waals surface area (Å²) in [4.78, 5) is 23.1. The predicted octanol–water partition coefficient (Wildman–Crippen LogP) is 5.26. The second-order valence-electron chi connectivity index (χ2n) is 7.62. The summed E-state index contributed by atoms with van der Waals surface area (Å²) in [5, 5.41) is 3.32. The zero-order valence-corrected chi connectivity index (χ0v) is 18.0. The summed E-state index contributed by atoms with van der Waals surface area (Å²) in [5.74, 6) is 1.02. The zero-order valence-electron chi connectivity index (χ0n) is 16.4. The molecule has 1 fully saturated rings. The lowest BCUT2D eigenvalue weighted by Gasteiger charge is -2.36. The van der Waals surface area contributed by atoms with Crippen LogP contribution < -0.4 is 10.2 Å². The minimum atomic E-state index is -0.371. The van der Waals surface area contributed by atoms with Crippen LogP contribution in [0.1, 0.15) is 31.9 Å². The van der Waals surface area contributed by atoms with E-state index in [1.54, 1.807) is 17.2 Å². The van der Waals surface area contributed by atoms with Gasteiger partial charge in [-0.1, -0.05) is 59.3 Å². The lowest BCUT2D eigenvalue weighted by Crippen LogP contribution is -2.45. The van der Waals surface area contributed by atoms with Crippen molar-refractivity contribution in [1.82, 2.24) is 9.97 Å². The summed E-state index contributed by atoms with van der Waals surface area (Å²) in [7, 11) is 0. The Hall–Kier alpha value is -2.67. The van der Waals surface area contributed by atoms with Crippen LogP contribution in [0.3, 0.4) is 0 Å². The Morgan fingerprint density at radius 3 is 2.79 bits per heavy atom. The summed E-state index contributed by atoms with van der Waals surface area (Å²) >= 11 is 3.45. The molecule has 2 aliphatic rings. The third-order valence-corrected chi connectivity index (χ3v) is 6.05. The van der Waals surface area contributed by atoms with Gasteiger partial charge in [0.25, 0.3) is 0 Å². The van der Waals surface area contributed by atoms with Gasteiger partial charge >= 0.3 is 6.09 Å². The van der Waals surface area contributed by atoms with Gasteiger partial charge in [-0.3, -0.25) is 4.90 Å². The standard InChI is InChI=1S/C22H23BrN4O2/c1-15(16-6-8-17(23)9-7-16)25-20-24-13-10-19(26-20)27-18(14-29-21(27)28)22(2)11-4-3-5-12-22/h3-11,13,15,18H,12,14H2,1-2H3,(H,24,25,26). The summed E-state index contributed by atoms with van der Waals surface area (Å²) in [5.41, 5.74) is 0.914. The lowest BCUT2D eigenvalue weighted by atomic mass is 9.77. The molecule has 3 atom stereocenters. The van der Waals surface area contributed by atoms with Crippen LogP contribution >= 0.6 is 15.9 Å². The zero-order chi connectivity index (χ0) is 20.4. The molecular formula is C22H23BrN4O2. The first kappa shape index (κ1) is 19.6. The van der Waals surface area contributed by atoms with E-state index >= 15 is 0 Å². The third-order valence-electron chi connectivity index (χ3n) is 5.52. The number of amides is 1. The van der Waals surface area contributed by atoms with Crippen LogP contribution in [-0.2, 0) is 4.74 Å². The topological polar surface area (TPSA) is 67.4 Å². The number of halogens is 1. The number of ether oxygens (including phenoxy) is 1. The molecule has 0 bridgehead atoms. The third kappa shape index (κ3) is 4.05. The molecule has 1 aliphatic heterocycles. The molecule has 1 amide bonds. The van der Waals surface area contributed by atoms with E-state index in [-0.39, 0.29) is 23.6 Å². The number of benzene rings is 1. The van der Waals surface area contributed by atoms with Gasteiger partial charge in [-0.15, -0.1) is 0 Å². The summed E-state index contributed by atoms with van der Waals surface area (Å²) in [6.45, 7) is 4.53. The molecule has 6 nitrogen and oxygen atoms in total. The molecule has 2 aromatic rings. The van der Waals surface area contributed by atoms with E-state index in [0.29, 0.717) is 18.4 Å². The number of nitrogens with zero attached hydrogens (tertiary/aromatic N) is 3. The maximum absolute atomic E-state index is 12.5. The SMILES string of the molecule is CC(Nc1nccc(N2C(=O)OCC2C2(C)C=CC=CC2)n1)c1ccc(Br)cc1. The number of rotatable bonds is 5. The second kappa shape index (κ2) is 7.99. The Morgan fingerprint density at radius 1 is 1.28 bits per heavy atom. The molecule has 1 aromatic heterocycles. The van der Waals surface area contributed by atoms with Gasteiger partial charge in [0.15, 0.2) is 0 Å². The van der Waals surface area contributed by atoms with Crippen molar-refractivity contribution in [2.75, 3.05) is 16.8 Å². The fraction of sp³-hybridized carbons (Fsp3) is 0.318. The minimum Gasteiger partial charge on any atom is -0.447 e. The maximum atomic E-state index is 12.5. The van der Waals surface area contributed by atoms with E-state index < -0.39 is 0 Å². The van der Waals surface area contributed by atoms with E-state index in [9.17, 15) is 4.79 Å². The summed E-state index contributed by atoms with van der Waals surface area (Å²) in [6, 6.07) is 9.74. The molecule has 0 saturated carbocycles. The number of carbonyl (C=O) groups is 1. The normalized spacial score (nSPS) is 24.4. The van der Waals surface area contributed by atoms with Crippen molar-refractivity contribution in [2.24, 2.45) is 5.41 Å². The van der Waals surface area contributed by atoms with Crippen molar-refractivity contribution in [3.8, 4) is 0 Å². The first-order valence-electron chi connectivity index (χ1n) is 9.62. The number of aromatic nitrogens is 2. The van der Waals surface area contributed by atoms with Crippen LogP contribution in [0.4, 0.5) is 16.6 Å². The number of allylic oxidation sites excluding steroid dienone is 3. The highest BCUT2D eigenvalue weighted by Crippen LogP contribution is 2.39. The predicted molar refractivity (Wildman–Crippen MR) is 117 cm³/mol. The summed E-state index contributed by atoms with van der Waals surface area (Å²) < 4.78 is 6.43. The number of carbonyl (C=O) groups excluding carboxylic acids is 1. The van der Waals surface area contributed by atoms with Crippen LogP contribution in [0.25, 0.3) is 0 Å². The fourth-order valence-corrected chi connectivity index (χ4v) is 4.00. The second-order valence-corrected chi connectivity index (χ2v) is 8.53. The van der Waals surface area contributed by atoms with Crippen LogP contribution in [0, 0.1) is 5.41 Å². The molecule has 1 saturated heterocycles. The molecule has 4 rings (SSSR count). The number of nitrogens with one attached hydrogen (secondary N) is 1.